The van der Waals surface area contributed by atoms with E-state index in [1.807, 2.05) is 141 Å². The average Bonchev–Trinajstić information content (AvgIpc) is 1.70. The van der Waals surface area contributed by atoms with Gasteiger partial charge in [0, 0.05) is 87.8 Å². The molecule has 28 nitrogen and oxygen atoms in total. The van der Waals surface area contributed by atoms with E-state index in [2.05, 4.69) is 160 Å². The van der Waals surface area contributed by atoms with Crippen molar-refractivity contribution in [2.24, 2.45) is 10.8 Å². The van der Waals surface area contributed by atoms with Crippen LogP contribution in [0, 0.1) is 10.8 Å². The van der Waals surface area contributed by atoms with Gasteiger partial charge in [0.05, 0.1) is 62.5 Å². The number of sulfonamides is 2. The van der Waals surface area contributed by atoms with Crippen molar-refractivity contribution >= 4 is 173 Å². The normalized spacial score (nSPS) is 15.6. The number of aromatic nitrogens is 12. The van der Waals surface area contributed by atoms with E-state index < -0.39 is 69.1 Å². The summed E-state index contributed by atoms with van der Waals surface area (Å²) in [5.41, 5.74) is 2.56. The number of nitrogens with one attached hydrogen (secondary N) is 8. The Kier molecular flexibility index (Phi) is 29.2. The largest absolute Gasteiger partial charge is 0.494 e. The molecule has 0 bridgehead atoms. The fraction of sp³-hybridized carbons (Fsp3) is 0.425. The molecule has 0 amide bonds. The van der Waals surface area contributed by atoms with Crippen molar-refractivity contribution in [3.8, 4) is 22.8 Å². The molecule has 8 N–H and O–H groups in total. The first kappa shape index (κ1) is 93.2. The van der Waals surface area contributed by atoms with E-state index >= 15 is 0 Å². The smallest absolute Gasteiger partial charge is 0.399 e. The maximum Gasteiger partial charge on any atom is 0.494 e. The highest BCUT2D eigenvalue weighted by Gasteiger charge is 2.52. The number of sulfone groups is 2. The van der Waals surface area contributed by atoms with Gasteiger partial charge >= 0.3 is 12.9 Å². The second kappa shape index (κ2) is 36.9. The third kappa shape index (κ3) is 26.7. The summed E-state index contributed by atoms with van der Waals surface area (Å²) in [5, 5.41) is 28.6. The Bertz CT molecular complexity index is 5760. The first-order chi connectivity index (χ1) is 54.7. The van der Waals surface area contributed by atoms with Crippen molar-refractivity contribution in [3.63, 3.8) is 0 Å². The Balaban J connectivity index is 0.000000160. The maximum atomic E-state index is 12.9. The Morgan fingerprint density at radius 1 is 0.534 bits per heavy atom. The molecular formula is C80H100BBr5N17O11S4+. The molecule has 4 aromatic carbocycles. The van der Waals surface area contributed by atoms with Gasteiger partial charge in [-0.15, -0.1) is 0 Å². The van der Waals surface area contributed by atoms with E-state index in [1.165, 1.54) is 43.0 Å². The van der Waals surface area contributed by atoms with E-state index in [0.717, 1.165) is 39.0 Å². The van der Waals surface area contributed by atoms with Gasteiger partial charge in [-0.25, -0.2) is 68.0 Å². The number of anilines is 6. The Labute approximate surface area is 734 Å². The van der Waals surface area contributed by atoms with Gasteiger partial charge in [-0.1, -0.05) is 93.9 Å². The molecule has 0 spiro atoms. The molecule has 14 rings (SSSR count). The molecule has 38 heteroatoms. The van der Waals surface area contributed by atoms with E-state index in [0.29, 0.717) is 88.8 Å². The van der Waals surface area contributed by atoms with E-state index in [9.17, 15) is 38.5 Å². The molecule has 10 aromatic rings. The topological polar surface area (TPSA) is 386 Å². The minimum Gasteiger partial charge on any atom is -0.399 e. The van der Waals surface area contributed by atoms with Crippen LogP contribution >= 0.6 is 79.6 Å². The van der Waals surface area contributed by atoms with Gasteiger partial charge in [0.15, 0.2) is 47.7 Å². The van der Waals surface area contributed by atoms with Crippen LogP contribution in [0.3, 0.4) is 0 Å². The lowest BCUT2D eigenvalue weighted by Gasteiger charge is -2.32. The molecule has 4 fully saturated rings. The zero-order valence-electron chi connectivity index (χ0n) is 68.7. The van der Waals surface area contributed by atoms with Crippen molar-refractivity contribution in [2.45, 2.75) is 216 Å². The van der Waals surface area contributed by atoms with Crippen LogP contribution in [-0.4, -0.2) is 136 Å². The van der Waals surface area contributed by atoms with Crippen LogP contribution in [0.2, 0.25) is 0 Å². The predicted molar refractivity (Wildman–Crippen MR) is 477 cm³/mol. The highest BCUT2D eigenvalue weighted by Crippen LogP contribution is 2.43. The third-order valence-corrected chi connectivity index (χ3v) is 28.7. The van der Waals surface area contributed by atoms with Crippen molar-refractivity contribution in [1.29, 1.82) is 0 Å². The Hall–Kier alpha value is -7.08. The van der Waals surface area contributed by atoms with Crippen molar-refractivity contribution < 1.29 is 52.8 Å². The number of H-pyrrole nitrogens is 3. The monoisotopic (exact) mass is 2010 g/mol. The van der Waals surface area contributed by atoms with Gasteiger partial charge in [-0.3, -0.25) is 15.0 Å². The fourth-order valence-corrected chi connectivity index (χ4v) is 20.1. The number of hydrogen-bond acceptors (Lipinski definition) is 22. The predicted octanol–water partition coefficient (Wildman–Crippen LogP) is 17.6. The Morgan fingerprint density at radius 2 is 0.983 bits per heavy atom. The number of carbonyl (C=O) groups excluding carboxylic acids is 1. The van der Waals surface area contributed by atoms with Gasteiger partial charge in [0.25, 0.3) is 5.82 Å². The summed E-state index contributed by atoms with van der Waals surface area (Å²) in [5.74, 6) is 6.24. The second-order valence-electron chi connectivity index (χ2n) is 34.7. The van der Waals surface area contributed by atoms with Gasteiger partial charge < -0.3 is 25.3 Å². The molecule has 0 atom stereocenters. The van der Waals surface area contributed by atoms with E-state index in [1.54, 1.807) is 104 Å². The lowest BCUT2D eigenvalue weighted by molar-refractivity contribution is -0.369. The standard InChI is InChI=1S/C23H26BrN5O3S.C21H24BrN5O2S.C16H26BNO4S.C10H9Br2N5.C10H14BrNO2S/c1-14(30)29-20(11-19(28-29)15-8-9-15)26-22-18(24)12-25-21(27-22)16-6-5-7-17(10-16)33(31,32)13-23(2,3)4;1-21(2,3)12-30(28,29)15-6-4-5-14(9-15)19-23-11-16(22)20(25-19)24-18-10-17(26-27-18)13-7-8-13;1-14(2,3)18-23(19,20)13-10-8-9-12(11-13)17-21-15(4,5)16(6,7)22-17;11-6-4-13-10(12)15-9(6)14-8-3-7(16-17-8)5-1-2-5;1-10(2,3)12-15(13,14)9-6-4-5-8(11)7-9/h5-7,10-12,15H,8-9,13H2,1-4H3,(H,25,26,27);4-6,9-11,13H,7-8,12H2,1-3H3,(H2,23,24,25,26,27);8-11,18H,1-7H3;3-5H,1-2H2,(H2,13,14,15,16,17);4-7,12H,1-3H3/p+1. The number of benzene rings is 4. The van der Waals surface area contributed by atoms with Crippen LogP contribution in [0.25, 0.3) is 22.8 Å². The van der Waals surface area contributed by atoms with Gasteiger partial charge in [-0.2, -0.15) is 20.0 Å². The fourth-order valence-electron chi connectivity index (χ4n) is 11.7. The molecule has 7 heterocycles. The second-order valence-corrected chi connectivity index (χ2v) is 46.2. The van der Waals surface area contributed by atoms with E-state index in [4.69, 9.17) is 9.31 Å². The van der Waals surface area contributed by atoms with Gasteiger partial charge in [-0.05, 0) is 253 Å². The molecule has 6 aromatic heterocycles. The number of rotatable bonds is 20. The zero-order chi connectivity index (χ0) is 86.7. The lowest BCUT2D eigenvalue weighted by Crippen LogP contribution is -2.41. The first-order valence-corrected chi connectivity index (χ1v) is 48.2. The van der Waals surface area contributed by atoms with Crippen LogP contribution < -0.4 is 35.8 Å². The summed E-state index contributed by atoms with van der Waals surface area (Å²) in [6, 6.07) is 32.8. The molecule has 118 heavy (non-hydrogen) atoms. The summed E-state index contributed by atoms with van der Waals surface area (Å²) in [6.45, 7) is 31.6. The van der Waals surface area contributed by atoms with Gasteiger partial charge in [0.2, 0.25) is 26.0 Å². The van der Waals surface area contributed by atoms with Crippen LogP contribution in [0.15, 0.2) is 176 Å². The zero-order valence-corrected chi connectivity index (χ0v) is 79.9. The maximum absolute atomic E-state index is 12.9. The van der Waals surface area contributed by atoms with E-state index in [-0.39, 0.29) is 47.8 Å². The van der Waals surface area contributed by atoms with Crippen molar-refractivity contribution in [3.05, 3.63) is 174 Å². The van der Waals surface area contributed by atoms with Gasteiger partial charge in [0.1, 0.15) is 22.3 Å². The van der Waals surface area contributed by atoms with Crippen LogP contribution in [0.4, 0.5) is 34.9 Å². The Morgan fingerprint density at radius 3 is 1.47 bits per heavy atom. The highest BCUT2D eigenvalue weighted by molar-refractivity contribution is 9.11. The highest BCUT2D eigenvalue weighted by atomic mass is 79.9. The molecule has 0 radical (unpaired) electrons. The van der Waals surface area contributed by atoms with Crippen molar-refractivity contribution in [1.82, 2.24) is 64.5 Å². The average molecular weight is 2010 g/mol. The van der Waals surface area contributed by atoms with Crippen LogP contribution in [0.1, 0.15) is 196 Å². The SMILES string of the molecule is Brc1ncc(Br)c(Nc2cc(C3CC3)[nH]n2)n1.CC(=O)n1nc(C2CC2)cc1Nc1nc(-c2cccc(S(=O)(=O)CC(C)(C)C)c2)[nH+]cc1Br.CC(C)(C)CS(=O)(=O)c1cccc(-c2ncc(Br)c(Nc3cc(C4CC4)[nH]n3)n2)c1.CC(C)(C)NS(=O)(=O)c1cccc(B2OC(C)(C)C(C)(C)O2)c1.CC(C)(C)NS(=O)(=O)c1cccc(Br)c1. The van der Waals surface area contributed by atoms with Crippen molar-refractivity contribution in [2.75, 3.05) is 27.5 Å². The third-order valence-electron chi connectivity index (χ3n) is 18.1. The molecule has 0 unspecified atom stereocenters. The van der Waals surface area contributed by atoms with Crippen LogP contribution in [0.5, 0.6) is 0 Å². The number of carbonyl (C=O) groups is 1. The quantitative estimate of drug-likeness (QED) is 0.0275. The summed E-state index contributed by atoms with van der Waals surface area (Å²) in [4.78, 5) is 38.0. The minimum absolute atomic E-state index is 0.0477. The summed E-state index contributed by atoms with van der Waals surface area (Å²) in [6.07, 6.45) is 12.1. The minimum atomic E-state index is -3.59. The first-order valence-electron chi connectivity index (χ1n) is 38.0. The molecule has 1 saturated heterocycles. The molecule has 632 valence electrons. The lowest BCUT2D eigenvalue weighted by atomic mass is 9.79. The molecule has 1 aliphatic heterocycles. The number of hydrogen-bond donors (Lipinski definition) is 7. The number of aromatic amines is 3. The molecule has 3 saturated carbocycles. The summed E-state index contributed by atoms with van der Waals surface area (Å²) >= 11 is 16.8. The number of nitrogens with zero attached hydrogens (tertiary/aromatic N) is 9. The number of halogens is 5. The summed E-state index contributed by atoms with van der Waals surface area (Å²) < 4.78 is 122. The van der Waals surface area contributed by atoms with Crippen LogP contribution in [-0.2, 0) is 49.0 Å². The molecular weight excluding hydrogens is 1910 g/mol. The molecule has 4 aliphatic rings. The molecule has 3 aliphatic carbocycles. The summed E-state index contributed by atoms with van der Waals surface area (Å²) in [7, 11) is -14.4.